The van der Waals surface area contributed by atoms with Gasteiger partial charge in [0, 0.05) is 18.2 Å². The summed E-state index contributed by atoms with van der Waals surface area (Å²) in [5.74, 6) is 1.48. The zero-order valence-electron chi connectivity index (χ0n) is 15.1. The minimum Gasteiger partial charge on any atom is -0.508 e. The number of phenols is 2. The molecule has 0 aromatic heterocycles. The fraction of sp³-hybridized carbons (Fsp3) is 0.368. The van der Waals surface area contributed by atoms with Gasteiger partial charge in [-0.15, -0.1) is 0 Å². The van der Waals surface area contributed by atoms with Crippen LogP contribution in [0.25, 0.3) is 0 Å². The van der Waals surface area contributed by atoms with Crippen molar-refractivity contribution in [2.75, 3.05) is 6.79 Å². The Labute approximate surface area is 156 Å². The smallest absolute Gasteiger partial charge is 0.231 e. The predicted molar refractivity (Wildman–Crippen MR) is 97.0 cm³/mol. The normalized spacial score (nSPS) is 21.9. The Morgan fingerprint density at radius 2 is 1.85 bits per heavy atom. The van der Waals surface area contributed by atoms with Crippen molar-refractivity contribution in [1.82, 2.24) is 15.8 Å². The molecule has 2 atom stereocenters. The van der Waals surface area contributed by atoms with E-state index in [9.17, 15) is 15.3 Å². The van der Waals surface area contributed by atoms with Gasteiger partial charge >= 0.3 is 0 Å². The summed E-state index contributed by atoms with van der Waals surface area (Å²) in [5.41, 5.74) is 8.01. The standard InChI is InChI=1S/C19H23N3O5/c1-10(2)12-6-13(15(24)7-14(12)23)18-20-21-19(25)22(18)8-11-3-4-16-17(5-11)27-9-26-16/h3-7,10,18-21,23-25H,8-9H2,1-2H3. The molecule has 2 aromatic rings. The lowest BCUT2D eigenvalue weighted by molar-refractivity contribution is -0.00258. The number of phenolic OH excluding ortho intramolecular Hbond substituents is 2. The molecule has 144 valence electrons. The Morgan fingerprint density at radius 3 is 2.63 bits per heavy atom. The number of aliphatic hydroxyl groups excluding tert-OH is 1. The Kier molecular flexibility index (Phi) is 4.56. The van der Waals surface area contributed by atoms with Crippen LogP contribution in [-0.2, 0) is 6.54 Å². The van der Waals surface area contributed by atoms with Crippen molar-refractivity contribution in [1.29, 1.82) is 0 Å². The second-order valence-corrected chi connectivity index (χ2v) is 7.05. The lowest BCUT2D eigenvalue weighted by Gasteiger charge is -2.27. The number of nitrogens with one attached hydrogen (secondary N) is 2. The van der Waals surface area contributed by atoms with Gasteiger partial charge in [0.25, 0.3) is 0 Å². The van der Waals surface area contributed by atoms with Crippen molar-refractivity contribution in [3.63, 3.8) is 0 Å². The third-order valence-electron chi connectivity index (χ3n) is 4.89. The number of hydrogen-bond acceptors (Lipinski definition) is 8. The molecule has 0 amide bonds. The SMILES string of the molecule is CC(C)c1cc(C2NNC(O)N2Cc2ccc3c(c2)OCO3)c(O)cc1O. The maximum Gasteiger partial charge on any atom is 0.231 e. The number of fused-ring (bicyclic) bond motifs is 1. The van der Waals surface area contributed by atoms with Crippen molar-refractivity contribution in [2.45, 2.75) is 38.8 Å². The maximum atomic E-state index is 10.4. The fourth-order valence-electron chi connectivity index (χ4n) is 3.44. The van der Waals surface area contributed by atoms with Crippen LogP contribution in [0, 0.1) is 0 Å². The molecular weight excluding hydrogens is 350 g/mol. The number of nitrogens with zero attached hydrogens (tertiary/aromatic N) is 1. The van der Waals surface area contributed by atoms with Crippen LogP contribution >= 0.6 is 0 Å². The lowest BCUT2D eigenvalue weighted by Crippen LogP contribution is -2.36. The van der Waals surface area contributed by atoms with E-state index in [0.717, 1.165) is 11.1 Å². The molecule has 2 heterocycles. The van der Waals surface area contributed by atoms with Crippen LogP contribution in [0.3, 0.4) is 0 Å². The van der Waals surface area contributed by atoms with Crippen molar-refractivity contribution in [3.05, 3.63) is 47.0 Å². The van der Waals surface area contributed by atoms with Gasteiger partial charge < -0.3 is 24.8 Å². The van der Waals surface area contributed by atoms with E-state index in [1.165, 1.54) is 6.07 Å². The average molecular weight is 373 g/mol. The summed E-state index contributed by atoms with van der Waals surface area (Å²) in [6.07, 6.45) is -1.43. The molecule has 2 unspecified atom stereocenters. The maximum absolute atomic E-state index is 10.4. The van der Waals surface area contributed by atoms with Crippen LogP contribution in [0.15, 0.2) is 30.3 Å². The van der Waals surface area contributed by atoms with Gasteiger partial charge in [-0.3, -0.25) is 0 Å². The molecule has 0 aliphatic carbocycles. The second kappa shape index (κ2) is 6.90. The van der Waals surface area contributed by atoms with E-state index >= 15 is 0 Å². The number of hydrazine groups is 1. The van der Waals surface area contributed by atoms with Gasteiger partial charge in [0.2, 0.25) is 6.79 Å². The summed E-state index contributed by atoms with van der Waals surface area (Å²) in [5, 5.41) is 30.8. The van der Waals surface area contributed by atoms with E-state index in [4.69, 9.17) is 9.47 Å². The molecule has 4 rings (SSSR count). The van der Waals surface area contributed by atoms with Gasteiger partial charge in [0.1, 0.15) is 17.7 Å². The molecule has 27 heavy (non-hydrogen) atoms. The Bertz CT molecular complexity index is 857. The number of hydrogen-bond donors (Lipinski definition) is 5. The fourth-order valence-corrected chi connectivity index (χ4v) is 3.44. The van der Waals surface area contributed by atoms with E-state index < -0.39 is 12.5 Å². The third kappa shape index (κ3) is 3.28. The van der Waals surface area contributed by atoms with Crippen LogP contribution in [0.2, 0.25) is 0 Å². The zero-order valence-corrected chi connectivity index (χ0v) is 15.1. The minimum atomic E-state index is -0.948. The molecule has 8 nitrogen and oxygen atoms in total. The summed E-state index contributed by atoms with van der Waals surface area (Å²) < 4.78 is 10.7. The van der Waals surface area contributed by atoms with E-state index in [-0.39, 0.29) is 24.2 Å². The van der Waals surface area contributed by atoms with Gasteiger partial charge in [0.15, 0.2) is 17.9 Å². The molecule has 0 saturated carbocycles. The van der Waals surface area contributed by atoms with Gasteiger partial charge in [-0.1, -0.05) is 19.9 Å². The molecule has 0 bridgehead atoms. The first-order chi connectivity index (χ1) is 12.9. The van der Waals surface area contributed by atoms with Crippen molar-refractivity contribution >= 4 is 0 Å². The van der Waals surface area contributed by atoms with Crippen molar-refractivity contribution < 1.29 is 24.8 Å². The molecule has 0 spiro atoms. The van der Waals surface area contributed by atoms with E-state index in [0.29, 0.717) is 23.6 Å². The van der Waals surface area contributed by atoms with Gasteiger partial charge in [-0.2, -0.15) is 0 Å². The van der Waals surface area contributed by atoms with Gasteiger partial charge in [-0.25, -0.2) is 15.8 Å². The van der Waals surface area contributed by atoms with Gasteiger partial charge in [-0.05, 0) is 35.2 Å². The molecule has 1 saturated heterocycles. The average Bonchev–Trinajstić information content (AvgIpc) is 3.22. The number of aromatic hydroxyl groups is 2. The summed E-state index contributed by atoms with van der Waals surface area (Å²) in [7, 11) is 0. The monoisotopic (exact) mass is 373 g/mol. The minimum absolute atomic E-state index is 0.0408. The molecule has 2 aromatic carbocycles. The largest absolute Gasteiger partial charge is 0.508 e. The molecule has 8 heteroatoms. The van der Waals surface area contributed by atoms with Crippen LogP contribution in [-0.4, -0.2) is 33.4 Å². The predicted octanol–water partition coefficient (Wildman–Crippen LogP) is 1.83. The summed E-state index contributed by atoms with van der Waals surface area (Å²) >= 11 is 0. The number of ether oxygens (including phenoxy) is 2. The van der Waals surface area contributed by atoms with Crippen LogP contribution in [0.1, 0.15) is 42.6 Å². The van der Waals surface area contributed by atoms with Crippen LogP contribution < -0.4 is 20.3 Å². The molecule has 5 N–H and O–H groups in total. The summed E-state index contributed by atoms with van der Waals surface area (Å²) in [6.45, 7) is 4.54. The highest BCUT2D eigenvalue weighted by molar-refractivity contribution is 5.48. The zero-order chi connectivity index (χ0) is 19.1. The second-order valence-electron chi connectivity index (χ2n) is 7.05. The summed E-state index contributed by atoms with van der Waals surface area (Å²) in [4.78, 5) is 1.76. The first kappa shape index (κ1) is 17.9. The highest BCUT2D eigenvalue weighted by Crippen LogP contribution is 2.38. The highest BCUT2D eigenvalue weighted by Gasteiger charge is 2.35. The van der Waals surface area contributed by atoms with Crippen LogP contribution in [0.5, 0.6) is 23.0 Å². The van der Waals surface area contributed by atoms with E-state index in [1.54, 1.807) is 11.0 Å². The first-order valence-electron chi connectivity index (χ1n) is 8.83. The third-order valence-corrected chi connectivity index (χ3v) is 4.89. The molecular formula is C19H23N3O5. The van der Waals surface area contributed by atoms with Crippen LogP contribution in [0.4, 0.5) is 0 Å². The van der Waals surface area contributed by atoms with Crippen molar-refractivity contribution in [2.24, 2.45) is 0 Å². The van der Waals surface area contributed by atoms with E-state index in [2.05, 4.69) is 10.9 Å². The topological polar surface area (TPSA) is 106 Å². The molecule has 2 aliphatic rings. The number of benzene rings is 2. The molecule has 1 fully saturated rings. The van der Waals surface area contributed by atoms with E-state index in [1.807, 2.05) is 32.0 Å². The first-order valence-corrected chi connectivity index (χ1v) is 8.83. The lowest BCUT2D eigenvalue weighted by atomic mass is 9.97. The quantitative estimate of drug-likeness (QED) is 0.553. The molecule has 2 aliphatic heterocycles. The Hall–Kier alpha value is -2.52. The van der Waals surface area contributed by atoms with Crippen molar-refractivity contribution in [3.8, 4) is 23.0 Å². The highest BCUT2D eigenvalue weighted by atomic mass is 16.7. The number of aliphatic hydroxyl groups is 1. The number of rotatable bonds is 4. The Morgan fingerprint density at radius 1 is 1.07 bits per heavy atom. The Balaban J connectivity index is 1.64. The molecule has 0 radical (unpaired) electrons. The van der Waals surface area contributed by atoms with Gasteiger partial charge in [0.05, 0.1) is 0 Å². The summed E-state index contributed by atoms with van der Waals surface area (Å²) in [6, 6.07) is 8.73.